The molecule has 0 spiro atoms. The van der Waals surface area contributed by atoms with Gasteiger partial charge >= 0.3 is 0 Å². The van der Waals surface area contributed by atoms with Crippen LogP contribution < -0.4 is 0 Å². The summed E-state index contributed by atoms with van der Waals surface area (Å²) in [6.07, 6.45) is 1.37. The van der Waals surface area contributed by atoms with E-state index in [0.717, 1.165) is 5.69 Å². The molecule has 8 heteroatoms. The molecule has 2 heterocycles. The monoisotopic (exact) mass is 306 g/mol. The number of benzene rings is 1. The fourth-order valence-electron chi connectivity index (χ4n) is 1.68. The van der Waals surface area contributed by atoms with Crippen LogP contribution in [0.3, 0.4) is 0 Å². The van der Waals surface area contributed by atoms with Gasteiger partial charge in [-0.3, -0.25) is 4.79 Å². The number of para-hydroxylation sites is 1. The molecule has 0 unspecified atom stereocenters. The Hall–Kier alpha value is -2.25. The highest BCUT2D eigenvalue weighted by Crippen LogP contribution is 2.22. The number of halogens is 1. The number of H-pyrrole nitrogens is 1. The molecule has 0 amide bonds. The maximum absolute atomic E-state index is 12.2. The Morgan fingerprint density at radius 2 is 2.10 bits per heavy atom. The van der Waals surface area contributed by atoms with E-state index in [1.165, 1.54) is 10.9 Å². The Morgan fingerprint density at radius 1 is 1.35 bits per heavy atom. The minimum Gasteiger partial charge on any atom is -0.406 e. The molecule has 0 atom stereocenters. The van der Waals surface area contributed by atoms with Crippen LogP contribution in [-0.4, -0.2) is 25.8 Å². The van der Waals surface area contributed by atoms with Crippen LogP contribution >= 0.6 is 23.8 Å². The third-order valence-electron chi connectivity index (χ3n) is 2.59. The Balaban J connectivity index is 2.03. The van der Waals surface area contributed by atoms with E-state index in [9.17, 15) is 4.79 Å². The molecule has 3 aromatic rings. The summed E-state index contributed by atoms with van der Waals surface area (Å²) in [6.45, 7) is 0. The smallest absolute Gasteiger partial charge is 0.287 e. The van der Waals surface area contributed by atoms with Gasteiger partial charge in [0.15, 0.2) is 0 Å². The fourth-order valence-corrected chi connectivity index (χ4v) is 2.08. The second-order valence-electron chi connectivity index (χ2n) is 3.84. The average molecular weight is 307 g/mol. The number of nitrogens with zero attached hydrogens (tertiary/aromatic N) is 3. The van der Waals surface area contributed by atoms with E-state index in [1.807, 2.05) is 30.3 Å². The highest BCUT2D eigenvalue weighted by molar-refractivity contribution is 7.71. The van der Waals surface area contributed by atoms with Gasteiger partial charge in [0.1, 0.15) is 5.15 Å². The standard InChI is InChI=1S/C12H7ClN4O2S/c13-10-8(9(18)11-15-16-12(20)19-11)6-14-17(10)7-4-2-1-3-5-7/h1-6H,(H,16,20). The van der Waals surface area contributed by atoms with Crippen LogP contribution in [0.5, 0.6) is 0 Å². The van der Waals surface area contributed by atoms with Crippen molar-refractivity contribution in [2.24, 2.45) is 0 Å². The summed E-state index contributed by atoms with van der Waals surface area (Å²) in [5.74, 6) is -0.631. The third-order valence-corrected chi connectivity index (χ3v) is 3.13. The summed E-state index contributed by atoms with van der Waals surface area (Å²) in [6, 6.07) is 9.23. The molecule has 1 aromatic carbocycles. The molecule has 0 saturated heterocycles. The van der Waals surface area contributed by atoms with Gasteiger partial charge in [0.05, 0.1) is 17.4 Å². The fraction of sp³-hybridized carbons (Fsp3) is 0. The molecule has 0 aliphatic heterocycles. The van der Waals surface area contributed by atoms with Crippen molar-refractivity contribution in [3.63, 3.8) is 0 Å². The lowest BCUT2D eigenvalue weighted by atomic mass is 10.2. The summed E-state index contributed by atoms with van der Waals surface area (Å²) in [5, 5.41) is 10.3. The molecule has 2 aromatic heterocycles. The minimum atomic E-state index is -0.482. The van der Waals surface area contributed by atoms with Crippen LogP contribution in [0, 0.1) is 4.84 Å². The second-order valence-corrected chi connectivity index (χ2v) is 4.57. The summed E-state index contributed by atoms with van der Waals surface area (Å²) < 4.78 is 6.43. The van der Waals surface area contributed by atoms with Gasteiger partial charge in [-0.15, -0.1) is 5.10 Å². The second kappa shape index (κ2) is 5.03. The Bertz CT molecular complexity index is 821. The van der Waals surface area contributed by atoms with Crippen LogP contribution in [0.4, 0.5) is 0 Å². The molecule has 0 aliphatic rings. The number of carbonyl (C=O) groups is 1. The van der Waals surface area contributed by atoms with Crippen molar-refractivity contribution in [3.8, 4) is 5.69 Å². The van der Waals surface area contributed by atoms with Gasteiger partial charge < -0.3 is 4.42 Å². The summed E-state index contributed by atoms with van der Waals surface area (Å²) >= 11 is 10.9. The van der Waals surface area contributed by atoms with E-state index in [-0.39, 0.29) is 21.4 Å². The first-order valence-corrected chi connectivity index (χ1v) is 6.34. The van der Waals surface area contributed by atoms with Gasteiger partial charge in [0.2, 0.25) is 0 Å². The molecule has 20 heavy (non-hydrogen) atoms. The Morgan fingerprint density at radius 3 is 2.75 bits per heavy atom. The van der Waals surface area contributed by atoms with E-state index < -0.39 is 5.78 Å². The van der Waals surface area contributed by atoms with Gasteiger partial charge in [-0.05, 0) is 24.4 Å². The number of rotatable bonds is 3. The SMILES string of the molecule is O=C(c1n[nH]c(=S)o1)c1cnn(-c2ccccc2)c1Cl. The molecule has 3 rings (SSSR count). The van der Waals surface area contributed by atoms with Crippen molar-refractivity contribution in [2.75, 3.05) is 0 Å². The maximum atomic E-state index is 12.2. The zero-order valence-electron chi connectivity index (χ0n) is 9.91. The predicted molar refractivity (Wildman–Crippen MR) is 73.7 cm³/mol. The van der Waals surface area contributed by atoms with Gasteiger partial charge in [-0.2, -0.15) is 5.10 Å². The quantitative estimate of drug-likeness (QED) is 0.595. The van der Waals surface area contributed by atoms with Gasteiger partial charge in [-0.1, -0.05) is 29.8 Å². The van der Waals surface area contributed by atoms with Crippen LogP contribution in [0.25, 0.3) is 5.69 Å². The van der Waals surface area contributed by atoms with E-state index in [1.54, 1.807) is 0 Å². The number of aromatic amines is 1. The third kappa shape index (κ3) is 2.17. The van der Waals surface area contributed by atoms with Crippen LogP contribution in [-0.2, 0) is 0 Å². The average Bonchev–Trinajstić information content (AvgIpc) is 3.05. The molecule has 0 aliphatic carbocycles. The van der Waals surface area contributed by atoms with Gasteiger partial charge in [0, 0.05) is 0 Å². The first kappa shape index (κ1) is 12.8. The van der Waals surface area contributed by atoms with Crippen molar-refractivity contribution in [2.45, 2.75) is 0 Å². The highest BCUT2D eigenvalue weighted by Gasteiger charge is 2.22. The molecule has 0 bridgehead atoms. The number of nitrogens with one attached hydrogen (secondary N) is 1. The topological polar surface area (TPSA) is 76.7 Å². The molecule has 0 fully saturated rings. The number of hydrogen-bond donors (Lipinski definition) is 1. The molecule has 0 radical (unpaired) electrons. The largest absolute Gasteiger partial charge is 0.406 e. The van der Waals surface area contributed by atoms with Crippen molar-refractivity contribution < 1.29 is 9.21 Å². The van der Waals surface area contributed by atoms with Gasteiger partial charge in [-0.25, -0.2) is 9.78 Å². The van der Waals surface area contributed by atoms with Gasteiger partial charge in [0.25, 0.3) is 16.5 Å². The lowest BCUT2D eigenvalue weighted by molar-refractivity contribution is 0.100. The minimum absolute atomic E-state index is 0.0277. The van der Waals surface area contributed by atoms with E-state index in [2.05, 4.69) is 15.3 Å². The van der Waals surface area contributed by atoms with Crippen molar-refractivity contribution in [3.05, 3.63) is 58.0 Å². The zero-order chi connectivity index (χ0) is 14.1. The summed E-state index contributed by atoms with van der Waals surface area (Å²) in [4.78, 5) is 12.2. The first-order chi connectivity index (χ1) is 9.66. The van der Waals surface area contributed by atoms with Crippen LogP contribution in [0.2, 0.25) is 5.15 Å². The van der Waals surface area contributed by atoms with Crippen molar-refractivity contribution >= 4 is 29.6 Å². The maximum Gasteiger partial charge on any atom is 0.287 e. The summed E-state index contributed by atoms with van der Waals surface area (Å²) in [7, 11) is 0. The Labute approximate surface area is 123 Å². The first-order valence-electron chi connectivity index (χ1n) is 5.56. The van der Waals surface area contributed by atoms with E-state index in [4.69, 9.17) is 28.2 Å². The highest BCUT2D eigenvalue weighted by atomic mass is 35.5. The normalized spacial score (nSPS) is 10.7. The molecular weight excluding hydrogens is 300 g/mol. The number of hydrogen-bond acceptors (Lipinski definition) is 5. The zero-order valence-corrected chi connectivity index (χ0v) is 11.5. The molecule has 0 saturated carbocycles. The van der Waals surface area contributed by atoms with E-state index in [0.29, 0.717) is 0 Å². The lowest BCUT2D eigenvalue weighted by Gasteiger charge is -2.02. The molecule has 100 valence electrons. The van der Waals surface area contributed by atoms with Crippen LogP contribution in [0.15, 0.2) is 40.9 Å². The molecule has 1 N–H and O–H groups in total. The summed E-state index contributed by atoms with van der Waals surface area (Å²) in [5.41, 5.74) is 0.945. The van der Waals surface area contributed by atoms with E-state index >= 15 is 0 Å². The van der Waals surface area contributed by atoms with Crippen LogP contribution in [0.1, 0.15) is 16.2 Å². The number of carbonyl (C=O) groups excluding carboxylic acids is 1. The molecular formula is C12H7ClN4O2S. The van der Waals surface area contributed by atoms with Crippen molar-refractivity contribution in [1.82, 2.24) is 20.0 Å². The molecule has 6 nitrogen and oxygen atoms in total. The Kier molecular flexibility index (Phi) is 3.21. The number of aromatic nitrogens is 4. The predicted octanol–water partition coefficient (Wildman–Crippen LogP) is 2.80. The number of ketones is 1. The van der Waals surface area contributed by atoms with Crippen molar-refractivity contribution in [1.29, 1.82) is 0 Å². The lowest BCUT2D eigenvalue weighted by Crippen LogP contribution is -2.02.